The molecule has 3 heteroatoms. The molecule has 0 spiro atoms. The van der Waals surface area contributed by atoms with E-state index in [4.69, 9.17) is 9.52 Å². The molecule has 0 bridgehead atoms. The van der Waals surface area contributed by atoms with Gasteiger partial charge in [0.25, 0.3) is 0 Å². The van der Waals surface area contributed by atoms with Gasteiger partial charge < -0.3 is 14.8 Å². The first kappa shape index (κ1) is 16.8. The van der Waals surface area contributed by atoms with Gasteiger partial charge in [0.1, 0.15) is 0 Å². The summed E-state index contributed by atoms with van der Waals surface area (Å²) in [5.74, 6) is 0. The smallest absolute Gasteiger partial charge is 0.0935 e. The average Bonchev–Trinajstić information content (AvgIpc) is 3.06. The summed E-state index contributed by atoms with van der Waals surface area (Å²) in [7, 11) is 0. The van der Waals surface area contributed by atoms with Crippen molar-refractivity contribution in [2.24, 2.45) is 0 Å². The lowest BCUT2D eigenvalue weighted by atomic mass is 10.0. The van der Waals surface area contributed by atoms with Crippen molar-refractivity contribution < 1.29 is 9.52 Å². The monoisotopic (exact) mass is 301 g/mol. The number of furan rings is 1. The summed E-state index contributed by atoms with van der Waals surface area (Å²) in [4.78, 5) is 0. The van der Waals surface area contributed by atoms with Gasteiger partial charge in [-0.15, -0.1) is 0 Å². The maximum Gasteiger partial charge on any atom is 0.0935 e. The zero-order valence-corrected chi connectivity index (χ0v) is 13.2. The van der Waals surface area contributed by atoms with Crippen LogP contribution in [-0.4, -0.2) is 24.3 Å². The van der Waals surface area contributed by atoms with Crippen LogP contribution in [0.25, 0.3) is 0 Å². The quantitative estimate of drug-likeness (QED) is 0.624. The number of hydrogen-bond donors (Lipinski definition) is 2. The number of benzene rings is 1. The normalized spacial score (nSPS) is 12.4. The fraction of sp³-hybridized carbons (Fsp3) is 0.474. The third kappa shape index (κ3) is 6.46. The Morgan fingerprint density at radius 3 is 2.59 bits per heavy atom. The lowest BCUT2D eigenvalue weighted by Gasteiger charge is -2.17. The third-order valence-corrected chi connectivity index (χ3v) is 3.97. The molecule has 1 heterocycles. The highest BCUT2D eigenvalue weighted by molar-refractivity contribution is 5.14. The van der Waals surface area contributed by atoms with Gasteiger partial charge in [-0.3, -0.25) is 0 Å². The zero-order valence-electron chi connectivity index (χ0n) is 13.2. The third-order valence-electron chi connectivity index (χ3n) is 3.97. The van der Waals surface area contributed by atoms with E-state index in [0.29, 0.717) is 12.6 Å². The first-order valence-corrected chi connectivity index (χ1v) is 8.27. The molecule has 1 aromatic carbocycles. The number of rotatable bonds is 11. The van der Waals surface area contributed by atoms with Crippen LogP contribution in [0.5, 0.6) is 0 Å². The van der Waals surface area contributed by atoms with Gasteiger partial charge in [-0.25, -0.2) is 0 Å². The van der Waals surface area contributed by atoms with Crippen molar-refractivity contribution in [2.75, 3.05) is 13.2 Å². The highest BCUT2D eigenvalue weighted by atomic mass is 16.3. The molecule has 0 fully saturated rings. The van der Waals surface area contributed by atoms with Crippen LogP contribution >= 0.6 is 0 Å². The molecule has 0 saturated carbocycles. The van der Waals surface area contributed by atoms with Crippen LogP contribution in [0.1, 0.15) is 36.8 Å². The van der Waals surface area contributed by atoms with Crippen molar-refractivity contribution in [3.05, 3.63) is 60.1 Å². The molecule has 1 aromatic heterocycles. The predicted octanol–water partition coefficient (Wildman–Crippen LogP) is 3.58. The molecule has 1 unspecified atom stereocenters. The number of nitrogens with one attached hydrogen (secondary N) is 1. The zero-order chi connectivity index (χ0) is 15.5. The molecule has 3 nitrogen and oxygen atoms in total. The molecule has 0 aliphatic heterocycles. The number of aliphatic hydroxyl groups is 1. The Hall–Kier alpha value is -1.58. The number of aliphatic hydroxyl groups excluding tert-OH is 1. The largest absolute Gasteiger partial charge is 0.472 e. The molecule has 0 aliphatic carbocycles. The van der Waals surface area contributed by atoms with E-state index in [2.05, 4.69) is 35.6 Å². The number of hydrogen-bond acceptors (Lipinski definition) is 3. The van der Waals surface area contributed by atoms with Gasteiger partial charge in [0.2, 0.25) is 0 Å². The number of unbranched alkanes of at least 4 members (excludes halogenated alkanes) is 2. The van der Waals surface area contributed by atoms with Crippen molar-refractivity contribution in [3.8, 4) is 0 Å². The van der Waals surface area contributed by atoms with Crippen molar-refractivity contribution in [2.45, 2.75) is 44.6 Å². The van der Waals surface area contributed by atoms with E-state index in [-0.39, 0.29) is 6.61 Å². The summed E-state index contributed by atoms with van der Waals surface area (Å²) in [6, 6.07) is 13.1. The molecule has 0 aliphatic rings. The van der Waals surface area contributed by atoms with E-state index < -0.39 is 0 Å². The van der Waals surface area contributed by atoms with E-state index in [1.807, 2.05) is 12.3 Å². The molecule has 120 valence electrons. The summed E-state index contributed by atoms with van der Waals surface area (Å²) in [5, 5.41) is 12.4. The highest BCUT2D eigenvalue weighted by Gasteiger charge is 2.09. The van der Waals surface area contributed by atoms with Gasteiger partial charge in [-0.05, 0) is 42.9 Å². The van der Waals surface area contributed by atoms with E-state index in [1.165, 1.54) is 30.4 Å². The van der Waals surface area contributed by atoms with Gasteiger partial charge >= 0.3 is 0 Å². The summed E-state index contributed by atoms with van der Waals surface area (Å²) in [5.41, 5.74) is 2.65. The molecule has 1 atom stereocenters. The standard InChI is InChI=1S/C19H27NO2/c21-13-12-20-19(15-18-11-14-22-16-18)10-6-2-5-9-17-7-3-1-4-8-17/h1,3-4,7-8,11,14,16,19-21H,2,5-6,9-10,12-13,15H2. The molecular weight excluding hydrogens is 274 g/mol. The van der Waals surface area contributed by atoms with E-state index in [0.717, 1.165) is 19.3 Å². The maximum absolute atomic E-state index is 9.00. The van der Waals surface area contributed by atoms with Gasteiger partial charge in [0, 0.05) is 12.6 Å². The van der Waals surface area contributed by atoms with Gasteiger partial charge in [-0.1, -0.05) is 43.2 Å². The van der Waals surface area contributed by atoms with Crippen LogP contribution in [0.3, 0.4) is 0 Å². The lowest BCUT2D eigenvalue weighted by molar-refractivity contribution is 0.280. The first-order valence-electron chi connectivity index (χ1n) is 8.27. The molecule has 2 aromatic rings. The molecule has 2 rings (SSSR count). The van der Waals surface area contributed by atoms with Gasteiger partial charge in [-0.2, -0.15) is 0 Å². The minimum Gasteiger partial charge on any atom is -0.472 e. The Kier molecular flexibility index (Phi) is 7.78. The maximum atomic E-state index is 9.00. The van der Waals surface area contributed by atoms with Crippen LogP contribution < -0.4 is 5.32 Å². The van der Waals surface area contributed by atoms with Gasteiger partial charge in [0.15, 0.2) is 0 Å². The van der Waals surface area contributed by atoms with E-state index in [1.54, 1.807) is 6.26 Å². The minimum atomic E-state index is 0.190. The SMILES string of the molecule is OCCNC(CCCCCc1ccccc1)Cc1ccoc1. The van der Waals surface area contributed by atoms with Crippen molar-refractivity contribution in [3.63, 3.8) is 0 Å². The minimum absolute atomic E-state index is 0.190. The molecule has 0 radical (unpaired) electrons. The van der Waals surface area contributed by atoms with E-state index >= 15 is 0 Å². The lowest BCUT2D eigenvalue weighted by Crippen LogP contribution is -2.33. The molecule has 2 N–H and O–H groups in total. The molecule has 22 heavy (non-hydrogen) atoms. The van der Waals surface area contributed by atoms with Crippen LogP contribution in [0.4, 0.5) is 0 Å². The van der Waals surface area contributed by atoms with Crippen LogP contribution in [0.2, 0.25) is 0 Å². The Labute approximate surface area is 133 Å². The fourth-order valence-corrected chi connectivity index (χ4v) is 2.78. The van der Waals surface area contributed by atoms with Crippen LogP contribution in [0.15, 0.2) is 53.3 Å². The van der Waals surface area contributed by atoms with Crippen LogP contribution in [0, 0.1) is 0 Å². The molecular formula is C19H27NO2. The summed E-state index contributed by atoms with van der Waals surface area (Å²) in [6.07, 6.45) is 10.5. The van der Waals surface area contributed by atoms with Crippen molar-refractivity contribution >= 4 is 0 Å². The molecule has 0 saturated heterocycles. The Bertz CT molecular complexity index is 481. The summed E-state index contributed by atoms with van der Waals surface area (Å²) in [6.45, 7) is 0.850. The Balaban J connectivity index is 1.64. The fourth-order valence-electron chi connectivity index (χ4n) is 2.78. The van der Waals surface area contributed by atoms with Gasteiger partial charge in [0.05, 0.1) is 19.1 Å². The summed E-state index contributed by atoms with van der Waals surface area (Å²) >= 11 is 0. The first-order chi connectivity index (χ1) is 10.9. The topological polar surface area (TPSA) is 45.4 Å². The highest BCUT2D eigenvalue weighted by Crippen LogP contribution is 2.12. The van der Waals surface area contributed by atoms with Crippen molar-refractivity contribution in [1.82, 2.24) is 5.32 Å². The Morgan fingerprint density at radius 2 is 1.86 bits per heavy atom. The summed E-state index contributed by atoms with van der Waals surface area (Å²) < 4.78 is 5.13. The second-order valence-corrected chi connectivity index (χ2v) is 5.80. The Morgan fingerprint density at radius 1 is 1.00 bits per heavy atom. The predicted molar refractivity (Wildman–Crippen MR) is 89.9 cm³/mol. The van der Waals surface area contributed by atoms with E-state index in [9.17, 15) is 0 Å². The van der Waals surface area contributed by atoms with Crippen molar-refractivity contribution in [1.29, 1.82) is 0 Å². The second-order valence-electron chi connectivity index (χ2n) is 5.80. The average molecular weight is 301 g/mol. The van der Waals surface area contributed by atoms with Crippen LogP contribution in [-0.2, 0) is 12.8 Å². The second kappa shape index (κ2) is 10.2. The molecule has 0 amide bonds. The number of aryl methyl sites for hydroxylation is 1.